The van der Waals surface area contributed by atoms with Crippen LogP contribution in [-0.2, 0) is 6.42 Å². The van der Waals surface area contributed by atoms with E-state index < -0.39 is 0 Å². The summed E-state index contributed by atoms with van der Waals surface area (Å²) in [4.78, 5) is 0. The predicted octanol–water partition coefficient (Wildman–Crippen LogP) is 4.72. The van der Waals surface area contributed by atoms with Crippen molar-refractivity contribution in [2.75, 3.05) is 14.2 Å². The molecular weight excluding hydrogens is 382 g/mol. The van der Waals surface area contributed by atoms with Gasteiger partial charge in [0.05, 0.1) is 7.11 Å². The van der Waals surface area contributed by atoms with E-state index in [1.165, 1.54) is 11.1 Å². The molecule has 0 aliphatic carbocycles. The SMILES string of the molecule is CNC(Cc1cc(Br)ccc1OC)c1cccc(Br)c1. The van der Waals surface area contributed by atoms with Gasteiger partial charge < -0.3 is 10.1 Å². The molecule has 0 bridgehead atoms. The van der Waals surface area contributed by atoms with Gasteiger partial charge in [-0.15, -0.1) is 0 Å². The average Bonchev–Trinajstić information content (AvgIpc) is 2.45. The van der Waals surface area contributed by atoms with E-state index in [0.717, 1.165) is 21.1 Å². The topological polar surface area (TPSA) is 21.3 Å². The summed E-state index contributed by atoms with van der Waals surface area (Å²) in [5.41, 5.74) is 2.44. The lowest BCUT2D eigenvalue weighted by Crippen LogP contribution is -2.19. The van der Waals surface area contributed by atoms with Crippen LogP contribution in [0.4, 0.5) is 0 Å². The predicted molar refractivity (Wildman–Crippen MR) is 90.3 cm³/mol. The van der Waals surface area contributed by atoms with E-state index in [1.807, 2.05) is 25.2 Å². The van der Waals surface area contributed by atoms with Crippen LogP contribution in [0.3, 0.4) is 0 Å². The largest absolute Gasteiger partial charge is 0.496 e. The lowest BCUT2D eigenvalue weighted by molar-refractivity contribution is 0.406. The molecule has 0 radical (unpaired) electrons. The first kappa shape index (κ1) is 15.5. The van der Waals surface area contributed by atoms with Gasteiger partial charge in [-0.05, 0) is 54.9 Å². The highest BCUT2D eigenvalue weighted by Gasteiger charge is 2.13. The molecule has 20 heavy (non-hydrogen) atoms. The van der Waals surface area contributed by atoms with E-state index in [4.69, 9.17) is 4.74 Å². The fourth-order valence-corrected chi connectivity index (χ4v) is 3.06. The average molecular weight is 399 g/mol. The molecule has 0 amide bonds. The molecule has 0 aliphatic heterocycles. The fraction of sp³-hybridized carbons (Fsp3) is 0.250. The lowest BCUT2D eigenvalue weighted by Gasteiger charge is -2.19. The van der Waals surface area contributed by atoms with E-state index in [0.29, 0.717) is 0 Å². The molecule has 0 spiro atoms. The number of rotatable bonds is 5. The highest BCUT2D eigenvalue weighted by Crippen LogP contribution is 2.28. The second-order valence-corrected chi connectivity index (χ2v) is 6.39. The molecule has 0 fully saturated rings. The maximum atomic E-state index is 5.45. The molecule has 1 atom stereocenters. The van der Waals surface area contributed by atoms with Gasteiger partial charge in [0, 0.05) is 15.0 Å². The van der Waals surface area contributed by atoms with Gasteiger partial charge in [0.25, 0.3) is 0 Å². The van der Waals surface area contributed by atoms with E-state index in [-0.39, 0.29) is 6.04 Å². The number of likely N-dealkylation sites (N-methyl/N-ethyl adjacent to an activating group) is 1. The zero-order chi connectivity index (χ0) is 14.5. The van der Waals surface area contributed by atoms with Crippen LogP contribution in [-0.4, -0.2) is 14.2 Å². The van der Waals surface area contributed by atoms with Crippen molar-refractivity contribution >= 4 is 31.9 Å². The number of nitrogens with one attached hydrogen (secondary N) is 1. The van der Waals surface area contributed by atoms with Gasteiger partial charge in [0.15, 0.2) is 0 Å². The van der Waals surface area contributed by atoms with Crippen LogP contribution in [0, 0.1) is 0 Å². The zero-order valence-corrected chi connectivity index (χ0v) is 14.7. The fourth-order valence-electron chi connectivity index (χ4n) is 2.24. The third-order valence-electron chi connectivity index (χ3n) is 3.27. The van der Waals surface area contributed by atoms with Crippen LogP contribution in [0.15, 0.2) is 51.4 Å². The Labute approximate surface area is 136 Å². The lowest BCUT2D eigenvalue weighted by atomic mass is 9.98. The van der Waals surface area contributed by atoms with Crippen LogP contribution < -0.4 is 10.1 Å². The Hall–Kier alpha value is -0.840. The molecule has 2 aromatic rings. The number of halogens is 2. The smallest absolute Gasteiger partial charge is 0.122 e. The maximum absolute atomic E-state index is 5.45. The molecule has 1 unspecified atom stereocenters. The van der Waals surface area contributed by atoms with Gasteiger partial charge >= 0.3 is 0 Å². The van der Waals surface area contributed by atoms with E-state index >= 15 is 0 Å². The molecule has 0 heterocycles. The molecule has 2 nitrogen and oxygen atoms in total. The first-order chi connectivity index (χ1) is 9.63. The minimum atomic E-state index is 0.246. The first-order valence-electron chi connectivity index (χ1n) is 6.39. The van der Waals surface area contributed by atoms with E-state index in [1.54, 1.807) is 7.11 Å². The number of methoxy groups -OCH3 is 1. The summed E-state index contributed by atoms with van der Waals surface area (Å²) in [6.07, 6.45) is 0.871. The Morgan fingerprint density at radius 3 is 2.50 bits per heavy atom. The van der Waals surface area contributed by atoms with Gasteiger partial charge in [-0.1, -0.05) is 44.0 Å². The standard InChI is InChI=1S/C16H17Br2NO/c1-19-15(11-4-3-5-13(17)8-11)10-12-9-14(18)6-7-16(12)20-2/h3-9,15,19H,10H2,1-2H3. The van der Waals surface area contributed by atoms with Crippen molar-refractivity contribution in [2.24, 2.45) is 0 Å². The summed E-state index contributed by atoms with van der Waals surface area (Å²) in [6.45, 7) is 0. The summed E-state index contributed by atoms with van der Waals surface area (Å²) < 4.78 is 7.61. The number of ether oxygens (including phenoxy) is 1. The molecule has 0 aromatic heterocycles. The van der Waals surface area contributed by atoms with Crippen molar-refractivity contribution in [3.05, 3.63) is 62.5 Å². The van der Waals surface area contributed by atoms with Crippen LogP contribution >= 0.6 is 31.9 Å². The second-order valence-electron chi connectivity index (χ2n) is 4.56. The Kier molecular flexibility index (Phi) is 5.64. The number of hydrogen-bond donors (Lipinski definition) is 1. The molecule has 2 rings (SSSR count). The number of hydrogen-bond acceptors (Lipinski definition) is 2. The monoisotopic (exact) mass is 397 g/mol. The summed E-state index contributed by atoms with van der Waals surface area (Å²) in [6, 6.07) is 14.7. The molecular formula is C16H17Br2NO. The summed E-state index contributed by atoms with van der Waals surface area (Å²) in [7, 11) is 3.69. The molecule has 2 aromatic carbocycles. The molecule has 0 saturated carbocycles. The van der Waals surface area contributed by atoms with Crippen LogP contribution in [0.2, 0.25) is 0 Å². The van der Waals surface area contributed by atoms with Gasteiger partial charge in [-0.25, -0.2) is 0 Å². The normalized spacial score (nSPS) is 12.2. The van der Waals surface area contributed by atoms with Crippen molar-refractivity contribution in [3.8, 4) is 5.75 Å². The van der Waals surface area contributed by atoms with Gasteiger partial charge in [0.1, 0.15) is 5.75 Å². The summed E-state index contributed by atoms with van der Waals surface area (Å²) in [5, 5.41) is 3.37. The minimum Gasteiger partial charge on any atom is -0.496 e. The van der Waals surface area contributed by atoms with E-state index in [9.17, 15) is 0 Å². The zero-order valence-electron chi connectivity index (χ0n) is 11.5. The first-order valence-corrected chi connectivity index (χ1v) is 7.97. The second kappa shape index (κ2) is 7.25. The quantitative estimate of drug-likeness (QED) is 0.786. The highest BCUT2D eigenvalue weighted by atomic mass is 79.9. The highest BCUT2D eigenvalue weighted by molar-refractivity contribution is 9.10. The Balaban J connectivity index is 2.28. The summed E-state index contributed by atoms with van der Waals surface area (Å²) in [5.74, 6) is 0.920. The minimum absolute atomic E-state index is 0.246. The number of benzene rings is 2. The molecule has 0 aliphatic rings. The van der Waals surface area contributed by atoms with Crippen molar-refractivity contribution in [3.63, 3.8) is 0 Å². The Morgan fingerprint density at radius 2 is 1.85 bits per heavy atom. The van der Waals surface area contributed by atoms with Crippen LogP contribution in [0.1, 0.15) is 17.2 Å². The summed E-state index contributed by atoms with van der Waals surface area (Å²) >= 11 is 7.05. The van der Waals surface area contributed by atoms with Gasteiger partial charge in [-0.2, -0.15) is 0 Å². The molecule has 4 heteroatoms. The van der Waals surface area contributed by atoms with Crippen molar-refractivity contribution in [1.82, 2.24) is 5.32 Å². The van der Waals surface area contributed by atoms with Crippen LogP contribution in [0.25, 0.3) is 0 Å². The van der Waals surface area contributed by atoms with Crippen molar-refractivity contribution in [2.45, 2.75) is 12.5 Å². The molecule has 1 N–H and O–H groups in total. The third kappa shape index (κ3) is 3.84. The third-order valence-corrected chi connectivity index (χ3v) is 4.25. The maximum Gasteiger partial charge on any atom is 0.122 e. The van der Waals surface area contributed by atoms with Gasteiger partial charge in [0.2, 0.25) is 0 Å². The van der Waals surface area contributed by atoms with Crippen molar-refractivity contribution < 1.29 is 4.74 Å². The van der Waals surface area contributed by atoms with E-state index in [2.05, 4.69) is 61.4 Å². The molecule has 0 saturated heterocycles. The van der Waals surface area contributed by atoms with Crippen LogP contribution in [0.5, 0.6) is 5.75 Å². The molecule has 106 valence electrons. The van der Waals surface area contributed by atoms with Gasteiger partial charge in [-0.3, -0.25) is 0 Å². The Bertz CT molecular complexity index is 586. The Morgan fingerprint density at radius 1 is 1.10 bits per heavy atom. The van der Waals surface area contributed by atoms with Crippen molar-refractivity contribution in [1.29, 1.82) is 0 Å².